The lowest BCUT2D eigenvalue weighted by atomic mass is 9.86. The second-order valence-electron chi connectivity index (χ2n) is 21.1. The van der Waals surface area contributed by atoms with E-state index < -0.39 is 5.41 Å². The molecule has 0 amide bonds. The molecule has 8 nitrogen and oxygen atoms in total. The van der Waals surface area contributed by atoms with Crippen LogP contribution in [0.2, 0.25) is 0 Å². The topological polar surface area (TPSA) is 105 Å². The molecule has 4 aliphatic rings. The van der Waals surface area contributed by atoms with Crippen molar-refractivity contribution in [2.24, 2.45) is 46.8 Å². The van der Waals surface area contributed by atoms with Gasteiger partial charge in [0.15, 0.2) is 0 Å². The Morgan fingerprint density at radius 3 is 1.77 bits per heavy atom. The number of ether oxygens (including phenoxy) is 4. The van der Waals surface area contributed by atoms with Crippen LogP contribution in [0.4, 0.5) is 0 Å². The minimum absolute atomic E-state index is 0.0429. The Kier molecular flexibility index (Phi) is 14.3. The highest BCUT2D eigenvalue weighted by atomic mass is 79.9. The first-order valence-electron chi connectivity index (χ1n) is 25.1. The second-order valence-corrected chi connectivity index (χ2v) is 22.3. The third kappa shape index (κ3) is 9.91. The van der Waals surface area contributed by atoms with E-state index in [1.165, 1.54) is 10.8 Å². The number of benzene rings is 6. The van der Waals surface area contributed by atoms with Gasteiger partial charge in [0, 0.05) is 14.9 Å². The maximum Gasteiger partial charge on any atom is 0.311 e. The molecule has 10 heteroatoms. The number of hydrogen-bond acceptors (Lipinski definition) is 9. The Morgan fingerprint density at radius 1 is 0.609 bits per heavy atom. The molecule has 362 valence electrons. The summed E-state index contributed by atoms with van der Waals surface area (Å²) in [5.74, 6) is 0.231. The molecule has 4 bridgehead atoms. The Bertz CT molecular complexity index is 2950. The van der Waals surface area contributed by atoms with Crippen LogP contribution in [0.25, 0.3) is 43.1 Å². The zero-order valence-electron chi connectivity index (χ0n) is 40.8. The zero-order chi connectivity index (χ0) is 48.9. The van der Waals surface area contributed by atoms with Crippen molar-refractivity contribution in [2.45, 2.75) is 129 Å². The van der Waals surface area contributed by atoms with Crippen LogP contribution in [0.15, 0.2) is 106 Å². The molecule has 6 aromatic carbocycles. The van der Waals surface area contributed by atoms with Gasteiger partial charge >= 0.3 is 23.9 Å². The quantitative estimate of drug-likeness (QED) is 0.0559. The van der Waals surface area contributed by atoms with Gasteiger partial charge in [-0.25, -0.2) is 0 Å². The molecule has 0 aromatic heterocycles. The summed E-state index contributed by atoms with van der Waals surface area (Å²) in [6, 6.07) is 33.4. The first kappa shape index (κ1) is 49.1. The summed E-state index contributed by atoms with van der Waals surface area (Å²) in [5, 5.41) is 9.12. The average Bonchev–Trinajstić information content (AvgIpc) is 4.16. The van der Waals surface area contributed by atoms with Gasteiger partial charge in [0.05, 0.1) is 23.2 Å². The fourth-order valence-electron chi connectivity index (χ4n) is 11.5. The van der Waals surface area contributed by atoms with Gasteiger partial charge in [0.2, 0.25) is 0 Å². The molecule has 11 unspecified atom stereocenters. The molecule has 0 spiro atoms. The SMILES string of the molecule is CCC(C)(C)C(=O)OC1CC2CC1CC2C(=O)OC(C)c1ccc2cc3ccccc3cc2c1Br.CCC(C)C(=O)OC1CC2CC1CC2C(=O)OC(C)c1ccc2c(S)c3ccccc3cc2c1. The zero-order valence-corrected chi connectivity index (χ0v) is 43.3. The Hall–Kier alpha value is -4.93. The number of esters is 4. The van der Waals surface area contributed by atoms with Crippen molar-refractivity contribution in [3.63, 3.8) is 0 Å². The van der Waals surface area contributed by atoms with E-state index in [2.05, 4.69) is 76.6 Å². The van der Waals surface area contributed by atoms with Gasteiger partial charge in [-0.05, 0) is 192 Å². The third-order valence-electron chi connectivity index (χ3n) is 16.4. The van der Waals surface area contributed by atoms with E-state index in [0.29, 0.717) is 0 Å². The molecule has 10 rings (SSSR count). The monoisotopic (exact) mass is 1010 g/mol. The van der Waals surface area contributed by atoms with Gasteiger partial charge < -0.3 is 18.9 Å². The largest absolute Gasteiger partial charge is 0.462 e. The van der Waals surface area contributed by atoms with Gasteiger partial charge in [-0.2, -0.15) is 0 Å². The summed E-state index contributed by atoms with van der Waals surface area (Å²) >= 11 is 8.56. The van der Waals surface area contributed by atoms with E-state index in [0.717, 1.165) is 104 Å². The molecule has 11 atom stereocenters. The third-order valence-corrected chi connectivity index (χ3v) is 17.7. The Labute approximate surface area is 420 Å². The highest BCUT2D eigenvalue weighted by Gasteiger charge is 2.52. The smallest absolute Gasteiger partial charge is 0.311 e. The summed E-state index contributed by atoms with van der Waals surface area (Å²) in [6.45, 7) is 13.6. The number of carbonyl (C=O) groups excluding carboxylic acids is 4. The first-order valence-corrected chi connectivity index (χ1v) is 26.3. The van der Waals surface area contributed by atoms with Crippen LogP contribution in [-0.2, 0) is 38.1 Å². The number of halogens is 1. The minimum Gasteiger partial charge on any atom is -0.462 e. The number of hydrogen-bond donors (Lipinski definition) is 1. The van der Waals surface area contributed by atoms with Crippen LogP contribution in [0.3, 0.4) is 0 Å². The van der Waals surface area contributed by atoms with E-state index in [1.54, 1.807) is 0 Å². The summed E-state index contributed by atoms with van der Waals surface area (Å²) in [4.78, 5) is 51.9. The lowest BCUT2D eigenvalue weighted by molar-refractivity contribution is -0.165. The van der Waals surface area contributed by atoms with Crippen LogP contribution in [-0.4, -0.2) is 36.1 Å². The van der Waals surface area contributed by atoms with Crippen molar-refractivity contribution in [1.82, 2.24) is 0 Å². The van der Waals surface area contributed by atoms with Gasteiger partial charge in [-0.15, -0.1) is 12.6 Å². The Morgan fingerprint density at radius 2 is 1.16 bits per heavy atom. The van der Waals surface area contributed by atoms with Gasteiger partial charge in [0.1, 0.15) is 24.4 Å². The van der Waals surface area contributed by atoms with Crippen molar-refractivity contribution in [2.75, 3.05) is 0 Å². The molecule has 0 N–H and O–H groups in total. The van der Waals surface area contributed by atoms with Gasteiger partial charge in [0.25, 0.3) is 0 Å². The summed E-state index contributed by atoms with van der Waals surface area (Å²) < 4.78 is 24.5. The van der Waals surface area contributed by atoms with Gasteiger partial charge in [-0.1, -0.05) is 93.6 Å². The molecular formula is C59H65BrO8S. The molecule has 4 fully saturated rings. The van der Waals surface area contributed by atoms with Crippen LogP contribution in [0.5, 0.6) is 0 Å². The standard InChI is InChI=1S/C30H33BrO4.C29H32O4S/c1-5-30(3,4)29(33)35-26-16-21-13-22(26)15-25(21)28(32)34-17(2)23-11-10-20-12-18-8-6-7-9-19(18)14-24(20)27(23)31;1-4-16(2)28(30)33-26-15-21-13-22(26)14-25(21)29(31)32-17(3)18-9-10-24-20(11-18)12-19-7-5-6-8-23(19)27(24)34/h6-12,14,17,21-22,25-26H,5,13,15-16H2,1-4H3;5-12,16-17,21-22,25-26,34H,4,13-15H2,1-3H3. The average molecular weight is 1010 g/mol. The first-order chi connectivity index (χ1) is 33.0. The van der Waals surface area contributed by atoms with Crippen LogP contribution in [0.1, 0.15) is 123 Å². The summed E-state index contributed by atoms with van der Waals surface area (Å²) in [5.41, 5.74) is 1.49. The normalized spacial score (nSPS) is 25.0. The maximum absolute atomic E-state index is 13.2. The lowest BCUT2D eigenvalue weighted by Crippen LogP contribution is -2.35. The minimum atomic E-state index is -0.463. The number of thiol groups is 1. The number of carbonyl (C=O) groups is 4. The number of fused-ring (bicyclic) bond motifs is 8. The molecular weight excluding hydrogens is 949 g/mol. The summed E-state index contributed by atoms with van der Waals surface area (Å²) in [7, 11) is 0. The number of rotatable bonds is 12. The molecule has 0 radical (unpaired) electrons. The van der Waals surface area contributed by atoms with E-state index in [4.69, 9.17) is 31.6 Å². The van der Waals surface area contributed by atoms with Crippen molar-refractivity contribution in [3.8, 4) is 0 Å². The highest BCUT2D eigenvalue weighted by Crippen LogP contribution is 2.52. The molecule has 0 saturated heterocycles. The molecule has 4 saturated carbocycles. The molecule has 0 aliphatic heterocycles. The van der Waals surface area contributed by atoms with E-state index >= 15 is 0 Å². The predicted octanol–water partition coefficient (Wildman–Crippen LogP) is 14.6. The van der Waals surface area contributed by atoms with E-state index in [1.807, 2.05) is 84.9 Å². The fraction of sp³-hybridized carbons (Fsp3) is 0.458. The maximum atomic E-state index is 13.2. The Balaban J connectivity index is 0.000000172. The lowest BCUT2D eigenvalue weighted by Gasteiger charge is -2.30. The molecule has 69 heavy (non-hydrogen) atoms. The second kappa shape index (κ2) is 20.1. The van der Waals surface area contributed by atoms with E-state index in [-0.39, 0.29) is 89.7 Å². The predicted molar refractivity (Wildman–Crippen MR) is 279 cm³/mol. The van der Waals surface area contributed by atoms with Crippen molar-refractivity contribution in [3.05, 3.63) is 113 Å². The van der Waals surface area contributed by atoms with Crippen molar-refractivity contribution < 1.29 is 38.1 Å². The fourth-order valence-corrected chi connectivity index (χ4v) is 12.7. The van der Waals surface area contributed by atoms with Crippen LogP contribution in [0, 0.1) is 46.8 Å². The van der Waals surface area contributed by atoms with Crippen LogP contribution < -0.4 is 0 Å². The highest BCUT2D eigenvalue weighted by molar-refractivity contribution is 9.10. The van der Waals surface area contributed by atoms with Crippen molar-refractivity contribution in [1.29, 1.82) is 0 Å². The summed E-state index contributed by atoms with van der Waals surface area (Å²) in [6.07, 6.45) is 5.65. The molecule has 6 aromatic rings. The molecule has 4 aliphatic carbocycles. The van der Waals surface area contributed by atoms with Gasteiger partial charge in [-0.3, -0.25) is 19.2 Å². The molecule has 0 heterocycles. The van der Waals surface area contributed by atoms with Crippen molar-refractivity contribution >= 4 is 95.5 Å². The van der Waals surface area contributed by atoms with Crippen LogP contribution >= 0.6 is 28.6 Å². The van der Waals surface area contributed by atoms with E-state index in [9.17, 15) is 19.2 Å².